The molecule has 0 radical (unpaired) electrons. The first-order chi connectivity index (χ1) is 14.4. The minimum atomic E-state index is -0.362. The highest BCUT2D eigenvalue weighted by atomic mass is 16.6. The molecule has 2 bridgehead atoms. The zero-order valence-electron chi connectivity index (χ0n) is 19.2. The van der Waals surface area contributed by atoms with Crippen LogP contribution in [0.3, 0.4) is 0 Å². The molecule has 30 heavy (non-hydrogen) atoms. The van der Waals surface area contributed by atoms with E-state index in [0.717, 1.165) is 51.4 Å². The lowest BCUT2D eigenvalue weighted by Gasteiger charge is -2.37. The number of fused-ring (bicyclic) bond motifs is 5. The molecular weight excluding hydrogens is 380 g/mol. The Balaban J connectivity index is 1.47. The van der Waals surface area contributed by atoms with Gasteiger partial charge in [-0.15, -0.1) is 0 Å². The smallest absolute Gasteiger partial charge is 0.310 e. The van der Waals surface area contributed by atoms with Crippen LogP contribution in [0.15, 0.2) is 0 Å². The monoisotopic (exact) mass is 420 g/mol. The van der Waals surface area contributed by atoms with Crippen LogP contribution in [0.25, 0.3) is 0 Å². The van der Waals surface area contributed by atoms with Gasteiger partial charge in [0, 0.05) is 12.8 Å². The van der Waals surface area contributed by atoms with Crippen LogP contribution >= 0.6 is 0 Å². The average molecular weight is 421 g/mol. The summed E-state index contributed by atoms with van der Waals surface area (Å²) in [6.45, 7) is 8.01. The zero-order chi connectivity index (χ0) is 21.5. The zero-order valence-corrected chi connectivity index (χ0v) is 19.2. The van der Waals surface area contributed by atoms with Gasteiger partial charge in [-0.25, -0.2) is 0 Å². The summed E-state index contributed by atoms with van der Waals surface area (Å²) in [6.07, 6.45) is 9.90. The molecule has 0 aromatic rings. The van der Waals surface area contributed by atoms with Crippen LogP contribution in [-0.4, -0.2) is 35.9 Å². The van der Waals surface area contributed by atoms with Crippen molar-refractivity contribution in [2.75, 3.05) is 0 Å². The van der Waals surface area contributed by atoms with Crippen LogP contribution in [-0.2, 0) is 23.8 Å². The predicted molar refractivity (Wildman–Crippen MR) is 114 cm³/mol. The highest BCUT2D eigenvalue weighted by Crippen LogP contribution is 2.63. The van der Waals surface area contributed by atoms with Gasteiger partial charge in [0.25, 0.3) is 0 Å². The summed E-state index contributed by atoms with van der Waals surface area (Å²) in [6, 6.07) is 0. The molecule has 1 aliphatic heterocycles. The molecule has 5 nitrogen and oxygen atoms in total. The molecular formula is C25H40O5. The molecule has 3 aliphatic carbocycles. The molecule has 1 saturated heterocycles. The maximum absolute atomic E-state index is 12.9. The SMILES string of the molecule is CCC1OC(CC)C2C3CC(CC3C(CC(=O)OC3(CC)CCCC3)OC(C)=O)C12. The van der Waals surface area contributed by atoms with Gasteiger partial charge in [-0.2, -0.15) is 0 Å². The molecule has 5 heteroatoms. The van der Waals surface area contributed by atoms with Crippen molar-refractivity contribution in [1.82, 2.24) is 0 Å². The van der Waals surface area contributed by atoms with Crippen molar-refractivity contribution >= 4 is 11.9 Å². The third-order valence-electron chi connectivity index (χ3n) is 8.85. The maximum Gasteiger partial charge on any atom is 0.310 e. The fourth-order valence-corrected chi connectivity index (χ4v) is 7.63. The van der Waals surface area contributed by atoms with E-state index in [4.69, 9.17) is 14.2 Å². The van der Waals surface area contributed by atoms with Gasteiger partial charge < -0.3 is 14.2 Å². The van der Waals surface area contributed by atoms with Gasteiger partial charge in [-0.3, -0.25) is 9.59 Å². The molecule has 0 N–H and O–H groups in total. The summed E-state index contributed by atoms with van der Waals surface area (Å²) in [5.74, 6) is 2.09. The first-order valence-electron chi connectivity index (χ1n) is 12.5. The Morgan fingerprint density at radius 3 is 2.30 bits per heavy atom. The highest BCUT2D eigenvalue weighted by Gasteiger charge is 2.62. The van der Waals surface area contributed by atoms with E-state index in [1.807, 2.05) is 0 Å². The van der Waals surface area contributed by atoms with Crippen LogP contribution in [0.2, 0.25) is 0 Å². The Hall–Kier alpha value is -1.10. The van der Waals surface area contributed by atoms with E-state index in [1.165, 1.54) is 13.3 Å². The lowest BCUT2D eigenvalue weighted by Crippen LogP contribution is -2.41. The van der Waals surface area contributed by atoms with E-state index in [2.05, 4.69) is 20.8 Å². The van der Waals surface area contributed by atoms with Crippen LogP contribution in [0.4, 0.5) is 0 Å². The van der Waals surface area contributed by atoms with Crippen LogP contribution in [0.5, 0.6) is 0 Å². The summed E-state index contributed by atoms with van der Waals surface area (Å²) < 4.78 is 18.2. The number of carbonyl (C=O) groups excluding carboxylic acids is 2. The van der Waals surface area contributed by atoms with E-state index in [1.54, 1.807) is 0 Å². The molecule has 0 aromatic carbocycles. The Labute approximate surface area is 181 Å². The summed E-state index contributed by atoms with van der Waals surface area (Å²) in [5, 5.41) is 0. The highest BCUT2D eigenvalue weighted by molar-refractivity contribution is 5.72. The topological polar surface area (TPSA) is 61.8 Å². The molecule has 4 aliphatic rings. The van der Waals surface area contributed by atoms with Gasteiger partial charge in [0.05, 0.1) is 18.6 Å². The summed E-state index contributed by atoms with van der Waals surface area (Å²) >= 11 is 0. The van der Waals surface area contributed by atoms with Crippen molar-refractivity contribution in [2.24, 2.45) is 29.6 Å². The van der Waals surface area contributed by atoms with E-state index in [-0.39, 0.29) is 36.0 Å². The number of hydrogen-bond donors (Lipinski definition) is 0. The van der Waals surface area contributed by atoms with Crippen LogP contribution in [0.1, 0.15) is 91.9 Å². The van der Waals surface area contributed by atoms with Crippen LogP contribution in [0, 0.1) is 29.6 Å². The van der Waals surface area contributed by atoms with Crippen molar-refractivity contribution in [2.45, 2.75) is 116 Å². The van der Waals surface area contributed by atoms with Gasteiger partial charge >= 0.3 is 11.9 Å². The molecule has 0 amide bonds. The third-order valence-corrected chi connectivity index (χ3v) is 8.85. The molecule has 0 aromatic heterocycles. The van der Waals surface area contributed by atoms with Crippen molar-refractivity contribution in [3.05, 3.63) is 0 Å². The van der Waals surface area contributed by atoms with Gasteiger partial charge in [0.1, 0.15) is 11.7 Å². The van der Waals surface area contributed by atoms with Crippen molar-refractivity contribution in [3.8, 4) is 0 Å². The molecule has 3 saturated carbocycles. The van der Waals surface area contributed by atoms with Gasteiger partial charge in [0.2, 0.25) is 0 Å². The summed E-state index contributed by atoms with van der Waals surface area (Å²) in [5.41, 5.74) is -0.293. The molecule has 4 fully saturated rings. The average Bonchev–Trinajstić information content (AvgIpc) is 3.47. The minimum Gasteiger partial charge on any atom is -0.462 e. The van der Waals surface area contributed by atoms with Gasteiger partial charge in [0.15, 0.2) is 0 Å². The van der Waals surface area contributed by atoms with Crippen molar-refractivity contribution < 1.29 is 23.8 Å². The molecule has 8 atom stereocenters. The Bertz CT molecular complexity index is 639. The Morgan fingerprint density at radius 2 is 1.70 bits per heavy atom. The predicted octanol–water partition coefficient (Wildman–Crippen LogP) is 5.05. The number of rotatable bonds is 8. The Kier molecular flexibility index (Phi) is 6.48. The number of ether oxygens (including phenoxy) is 3. The van der Waals surface area contributed by atoms with Crippen molar-refractivity contribution in [3.63, 3.8) is 0 Å². The first kappa shape index (κ1) is 22.1. The maximum atomic E-state index is 12.9. The lowest BCUT2D eigenvalue weighted by atomic mass is 9.69. The van der Waals surface area contributed by atoms with Gasteiger partial charge in [-0.1, -0.05) is 20.8 Å². The normalized spacial score (nSPS) is 39.7. The second kappa shape index (κ2) is 8.80. The quantitative estimate of drug-likeness (QED) is 0.514. The number of carbonyl (C=O) groups is 2. The number of esters is 2. The summed E-state index contributed by atoms with van der Waals surface area (Å²) in [4.78, 5) is 24.8. The van der Waals surface area contributed by atoms with Crippen LogP contribution < -0.4 is 0 Å². The standard InChI is InChI=1S/C25H40O5/c1-5-19-23-16-12-17(18(13-16)24(23)20(6-2)29-19)21(28-15(4)26)14-22(27)30-25(7-3)10-8-9-11-25/h16-21,23-24H,5-14H2,1-4H3. The fraction of sp³-hybridized carbons (Fsp3) is 0.920. The molecule has 170 valence electrons. The molecule has 0 spiro atoms. The molecule has 1 heterocycles. The second-order valence-corrected chi connectivity index (χ2v) is 10.3. The second-order valence-electron chi connectivity index (χ2n) is 10.3. The third kappa shape index (κ3) is 3.91. The largest absolute Gasteiger partial charge is 0.462 e. The number of hydrogen-bond acceptors (Lipinski definition) is 5. The molecule has 4 rings (SSSR count). The first-order valence-corrected chi connectivity index (χ1v) is 12.5. The lowest BCUT2D eigenvalue weighted by molar-refractivity contribution is -0.168. The van der Waals surface area contributed by atoms with Gasteiger partial charge in [-0.05, 0) is 81.5 Å². The molecule has 8 unspecified atom stereocenters. The minimum absolute atomic E-state index is 0.189. The van der Waals surface area contributed by atoms with E-state index >= 15 is 0 Å². The summed E-state index contributed by atoms with van der Waals surface area (Å²) in [7, 11) is 0. The van der Waals surface area contributed by atoms with E-state index in [9.17, 15) is 9.59 Å². The van der Waals surface area contributed by atoms with Crippen molar-refractivity contribution in [1.29, 1.82) is 0 Å². The van der Waals surface area contributed by atoms with E-state index in [0.29, 0.717) is 35.9 Å². The fourth-order valence-electron chi connectivity index (χ4n) is 7.63. The Morgan fingerprint density at radius 1 is 1.03 bits per heavy atom. The van der Waals surface area contributed by atoms with E-state index < -0.39 is 0 Å².